The van der Waals surface area contributed by atoms with Crippen molar-refractivity contribution in [2.75, 3.05) is 33.9 Å². The number of ether oxygens (including phenoxy) is 2. The smallest absolute Gasteiger partial charge is 0.434 e. The van der Waals surface area contributed by atoms with E-state index >= 15 is 0 Å². The molecule has 2 rings (SSSR count). The van der Waals surface area contributed by atoms with E-state index in [-0.39, 0.29) is 24.0 Å². The molecule has 0 amide bonds. The molecule has 0 radical (unpaired) electrons. The lowest BCUT2D eigenvalue weighted by Gasteiger charge is -2.12. The third kappa shape index (κ3) is 9.17. The summed E-state index contributed by atoms with van der Waals surface area (Å²) in [5.41, 5.74) is 0.162. The van der Waals surface area contributed by atoms with Crippen LogP contribution in [0.4, 0.5) is 13.2 Å². The number of nitrogens with zero attached hydrogens (tertiary/aromatic N) is 2. The monoisotopic (exact) mass is 544 g/mol. The molecule has 162 valence electrons. The number of guanidine groups is 1. The van der Waals surface area contributed by atoms with E-state index in [1.54, 1.807) is 14.2 Å². The summed E-state index contributed by atoms with van der Waals surface area (Å²) < 4.78 is 48.2. The molecule has 0 saturated heterocycles. The molecule has 11 heteroatoms. The highest BCUT2D eigenvalue weighted by Gasteiger charge is 2.33. The van der Waals surface area contributed by atoms with Crippen molar-refractivity contribution in [3.05, 3.63) is 45.9 Å². The molecule has 0 aliphatic rings. The van der Waals surface area contributed by atoms with Gasteiger partial charge in [0.1, 0.15) is 12.4 Å². The van der Waals surface area contributed by atoms with Crippen molar-refractivity contribution in [1.29, 1.82) is 0 Å². The molecule has 0 saturated carbocycles. The Balaban J connectivity index is 0.00000420. The minimum atomic E-state index is -4.40. The Hall–Kier alpha value is -1.60. The molecule has 0 fully saturated rings. The average Bonchev–Trinajstić information content (AvgIpc) is 3.14. The molecule has 0 unspecified atom stereocenters. The van der Waals surface area contributed by atoms with Crippen molar-refractivity contribution in [3.8, 4) is 5.75 Å². The fraction of sp³-hybridized carbons (Fsp3) is 0.444. The molecular weight excluding hydrogens is 520 g/mol. The number of nitrogens with one attached hydrogen (secondary N) is 2. The van der Waals surface area contributed by atoms with Gasteiger partial charge in [-0.1, -0.05) is 12.1 Å². The molecule has 6 nitrogen and oxygen atoms in total. The first-order chi connectivity index (χ1) is 13.4. The maximum absolute atomic E-state index is 12.6. The number of aliphatic imine (C=N–C) groups is 1. The Morgan fingerprint density at radius 2 is 2.03 bits per heavy atom. The highest BCUT2D eigenvalue weighted by molar-refractivity contribution is 14.0. The van der Waals surface area contributed by atoms with E-state index in [0.29, 0.717) is 43.7 Å². The van der Waals surface area contributed by atoms with Crippen LogP contribution >= 0.6 is 35.3 Å². The van der Waals surface area contributed by atoms with Crippen molar-refractivity contribution in [2.24, 2.45) is 4.99 Å². The Labute approximate surface area is 188 Å². The van der Waals surface area contributed by atoms with E-state index in [4.69, 9.17) is 9.47 Å². The molecule has 1 aromatic carbocycles. The molecule has 29 heavy (non-hydrogen) atoms. The first-order valence-corrected chi connectivity index (χ1v) is 9.47. The number of alkyl halides is 3. The number of thiazole rings is 1. The van der Waals surface area contributed by atoms with Crippen LogP contribution in [0.2, 0.25) is 0 Å². The van der Waals surface area contributed by atoms with Crippen LogP contribution in [0.3, 0.4) is 0 Å². The third-order valence-electron chi connectivity index (χ3n) is 3.61. The van der Waals surface area contributed by atoms with Gasteiger partial charge in [-0.3, -0.25) is 4.99 Å². The standard InChI is InChI=1S/C18H23F3N4O2S.HI/c1-22-17(23-7-6-16-25-15(12-28-16)18(19,20)21)24-11-13-4-3-5-14(10-13)27-9-8-26-2;/h3-5,10,12H,6-9,11H2,1-2H3,(H2,22,23,24);1H. The van der Waals surface area contributed by atoms with Crippen molar-refractivity contribution >= 4 is 41.3 Å². The van der Waals surface area contributed by atoms with Gasteiger partial charge in [0.15, 0.2) is 11.7 Å². The van der Waals surface area contributed by atoms with Crippen LogP contribution in [0.25, 0.3) is 0 Å². The van der Waals surface area contributed by atoms with Gasteiger partial charge in [0.2, 0.25) is 0 Å². The quantitative estimate of drug-likeness (QED) is 0.218. The lowest BCUT2D eigenvalue weighted by molar-refractivity contribution is -0.140. The lowest BCUT2D eigenvalue weighted by atomic mass is 10.2. The minimum absolute atomic E-state index is 0. The first kappa shape index (κ1) is 25.4. The molecule has 1 heterocycles. The summed E-state index contributed by atoms with van der Waals surface area (Å²) in [6.45, 7) is 1.94. The van der Waals surface area contributed by atoms with E-state index in [0.717, 1.165) is 28.0 Å². The summed E-state index contributed by atoms with van der Waals surface area (Å²) in [6, 6.07) is 7.65. The molecule has 0 atom stereocenters. The molecule has 0 aliphatic heterocycles. The van der Waals surface area contributed by atoms with Crippen LogP contribution in [0.1, 0.15) is 16.3 Å². The van der Waals surface area contributed by atoms with Gasteiger partial charge >= 0.3 is 6.18 Å². The van der Waals surface area contributed by atoms with E-state index in [9.17, 15) is 13.2 Å². The van der Waals surface area contributed by atoms with E-state index in [1.807, 2.05) is 24.3 Å². The van der Waals surface area contributed by atoms with Gasteiger partial charge in [-0.2, -0.15) is 13.2 Å². The molecule has 0 spiro atoms. The summed E-state index contributed by atoms with van der Waals surface area (Å²) in [7, 11) is 3.25. The van der Waals surface area contributed by atoms with E-state index in [1.165, 1.54) is 0 Å². The van der Waals surface area contributed by atoms with Crippen molar-refractivity contribution in [3.63, 3.8) is 0 Å². The summed E-state index contributed by atoms with van der Waals surface area (Å²) in [5, 5.41) is 7.69. The zero-order valence-electron chi connectivity index (χ0n) is 16.1. The summed E-state index contributed by atoms with van der Waals surface area (Å²) in [5.74, 6) is 1.31. The van der Waals surface area contributed by atoms with E-state index in [2.05, 4.69) is 20.6 Å². The van der Waals surface area contributed by atoms with E-state index < -0.39 is 11.9 Å². The molecule has 2 N–H and O–H groups in total. The molecule has 0 bridgehead atoms. The predicted octanol–water partition coefficient (Wildman–Crippen LogP) is 3.71. The van der Waals surface area contributed by atoms with Gasteiger partial charge < -0.3 is 20.1 Å². The Kier molecular flexibility index (Phi) is 11.3. The number of halogens is 4. The SMILES string of the molecule is CN=C(NCCc1nc(C(F)(F)F)cs1)NCc1cccc(OCCOC)c1.I. The maximum atomic E-state index is 12.6. The van der Waals surface area contributed by atoms with Gasteiger partial charge in [-0.25, -0.2) is 4.98 Å². The number of hydrogen-bond acceptors (Lipinski definition) is 5. The van der Waals surface area contributed by atoms with Gasteiger partial charge in [-0.15, -0.1) is 35.3 Å². The highest BCUT2D eigenvalue weighted by atomic mass is 127. The Morgan fingerprint density at radius 1 is 1.24 bits per heavy atom. The van der Waals surface area contributed by atoms with Gasteiger partial charge in [0, 0.05) is 39.0 Å². The van der Waals surface area contributed by atoms with Crippen molar-refractivity contribution in [1.82, 2.24) is 15.6 Å². The van der Waals surface area contributed by atoms with Gasteiger partial charge in [0.25, 0.3) is 0 Å². The number of methoxy groups -OCH3 is 1. The van der Waals surface area contributed by atoms with Crippen molar-refractivity contribution in [2.45, 2.75) is 19.1 Å². The number of benzene rings is 1. The number of rotatable bonds is 9. The summed E-state index contributed by atoms with van der Waals surface area (Å²) in [4.78, 5) is 7.72. The maximum Gasteiger partial charge on any atom is 0.434 e. The van der Waals surface area contributed by atoms with Gasteiger partial charge in [-0.05, 0) is 17.7 Å². The zero-order chi connectivity index (χ0) is 20.4. The van der Waals surface area contributed by atoms with Crippen LogP contribution in [0.15, 0.2) is 34.6 Å². The topological polar surface area (TPSA) is 67.8 Å². The molecule has 1 aromatic heterocycles. The Bertz CT molecular complexity index is 772. The van der Waals surface area contributed by atoms with Gasteiger partial charge in [0.05, 0.1) is 11.6 Å². The number of aromatic nitrogens is 1. The Morgan fingerprint density at radius 3 is 2.69 bits per heavy atom. The molecule has 2 aromatic rings. The van der Waals surface area contributed by atoms with Crippen LogP contribution in [0.5, 0.6) is 5.75 Å². The van der Waals surface area contributed by atoms with Crippen LogP contribution in [-0.2, 0) is 23.9 Å². The lowest BCUT2D eigenvalue weighted by Crippen LogP contribution is -2.37. The van der Waals surface area contributed by atoms with Crippen molar-refractivity contribution < 1.29 is 22.6 Å². The predicted molar refractivity (Wildman–Crippen MR) is 118 cm³/mol. The fourth-order valence-electron chi connectivity index (χ4n) is 2.24. The summed E-state index contributed by atoms with van der Waals surface area (Å²) in [6.07, 6.45) is -4.02. The first-order valence-electron chi connectivity index (χ1n) is 8.59. The largest absolute Gasteiger partial charge is 0.491 e. The molecule has 0 aliphatic carbocycles. The molecular formula is C18H24F3IN4O2S. The second kappa shape index (κ2) is 12.9. The highest BCUT2D eigenvalue weighted by Crippen LogP contribution is 2.29. The summed E-state index contributed by atoms with van der Waals surface area (Å²) >= 11 is 1.00. The van der Waals surface area contributed by atoms with Crippen LogP contribution in [-0.4, -0.2) is 44.9 Å². The fourth-order valence-corrected chi connectivity index (χ4v) is 3.04. The second-order valence-corrected chi connectivity index (χ2v) is 6.66. The number of hydrogen-bond donors (Lipinski definition) is 2. The minimum Gasteiger partial charge on any atom is -0.491 e. The van der Waals surface area contributed by atoms with Crippen LogP contribution < -0.4 is 15.4 Å². The third-order valence-corrected chi connectivity index (χ3v) is 4.52. The normalized spacial score (nSPS) is 11.7. The van der Waals surface area contributed by atoms with Crippen LogP contribution in [0, 0.1) is 0 Å². The zero-order valence-corrected chi connectivity index (χ0v) is 19.2. The average molecular weight is 544 g/mol. The second-order valence-electron chi connectivity index (χ2n) is 5.72.